The van der Waals surface area contributed by atoms with E-state index in [-0.39, 0.29) is 0 Å². The van der Waals surface area contributed by atoms with Gasteiger partial charge in [-0.25, -0.2) is 0 Å². The number of hydrogen-bond acceptors (Lipinski definition) is 2. The lowest BCUT2D eigenvalue weighted by Crippen LogP contribution is -2.11. The number of primary amides is 1. The van der Waals surface area contributed by atoms with Gasteiger partial charge in [-0.1, -0.05) is 15.9 Å². The lowest BCUT2D eigenvalue weighted by atomic mass is 9.97. The van der Waals surface area contributed by atoms with Crippen LogP contribution in [0, 0.1) is 0 Å². The first-order chi connectivity index (χ1) is 9.06. The number of benzene rings is 1. The lowest BCUT2D eigenvalue weighted by molar-refractivity contribution is 0.100. The minimum atomic E-state index is -0.717. The van der Waals surface area contributed by atoms with Crippen LogP contribution in [0.25, 0.3) is 10.9 Å². The van der Waals surface area contributed by atoms with Gasteiger partial charge in [0.15, 0.2) is 0 Å². The molecule has 6 heteroatoms. The number of rotatable bonds is 2. The zero-order valence-corrected chi connectivity index (χ0v) is 12.5. The molecule has 4 nitrogen and oxygen atoms in total. The molecule has 1 fully saturated rings. The largest absolute Gasteiger partial charge is 0.366 e. The van der Waals surface area contributed by atoms with E-state index in [0.717, 1.165) is 33.1 Å². The molecule has 2 unspecified atom stereocenters. The van der Waals surface area contributed by atoms with Crippen LogP contribution in [0.4, 0.5) is 0 Å². The summed E-state index contributed by atoms with van der Waals surface area (Å²) in [5.41, 5.74) is 7.78. The van der Waals surface area contributed by atoms with E-state index in [1.165, 1.54) is 0 Å². The predicted molar refractivity (Wildman–Crippen MR) is 79.8 cm³/mol. The van der Waals surface area contributed by atoms with Crippen LogP contribution < -0.4 is 5.73 Å². The molecule has 2 atom stereocenters. The predicted octanol–water partition coefficient (Wildman–Crippen LogP) is 2.27. The zero-order chi connectivity index (χ0) is 13.6. The summed E-state index contributed by atoms with van der Waals surface area (Å²) in [6.45, 7) is 0. The van der Waals surface area contributed by atoms with E-state index in [0.29, 0.717) is 17.2 Å². The summed E-state index contributed by atoms with van der Waals surface area (Å²) in [6.07, 6.45) is 2.84. The van der Waals surface area contributed by atoms with Crippen molar-refractivity contribution in [1.29, 1.82) is 0 Å². The Balaban J connectivity index is 2.17. The van der Waals surface area contributed by atoms with Crippen molar-refractivity contribution in [2.24, 2.45) is 5.73 Å². The van der Waals surface area contributed by atoms with Crippen LogP contribution in [-0.2, 0) is 10.8 Å². The molecular formula is C13H13BrN2O2S. The topological polar surface area (TPSA) is 76.0 Å². The van der Waals surface area contributed by atoms with Crippen molar-refractivity contribution in [1.82, 2.24) is 4.98 Å². The molecule has 1 aromatic carbocycles. The molecule has 0 spiro atoms. The number of fused-ring (bicyclic) bond motifs is 1. The number of hydrogen-bond donors (Lipinski definition) is 2. The first kappa shape index (κ1) is 12.9. The van der Waals surface area contributed by atoms with Crippen molar-refractivity contribution in [3.63, 3.8) is 0 Å². The summed E-state index contributed by atoms with van der Waals surface area (Å²) in [5, 5.41) is 0.993. The number of amides is 1. The Morgan fingerprint density at radius 2 is 2.26 bits per heavy atom. The van der Waals surface area contributed by atoms with E-state index in [1.54, 1.807) is 6.07 Å². The maximum Gasteiger partial charge on any atom is 0.250 e. The van der Waals surface area contributed by atoms with Crippen molar-refractivity contribution in [2.75, 3.05) is 11.5 Å². The Morgan fingerprint density at radius 3 is 2.89 bits per heavy atom. The quantitative estimate of drug-likeness (QED) is 0.879. The molecule has 1 aliphatic rings. The molecule has 0 bridgehead atoms. The Hall–Kier alpha value is -1.14. The van der Waals surface area contributed by atoms with Crippen LogP contribution in [0.15, 0.2) is 22.8 Å². The second-order valence-electron chi connectivity index (χ2n) is 4.78. The van der Waals surface area contributed by atoms with Crippen LogP contribution >= 0.6 is 15.9 Å². The molecule has 1 amide bonds. The number of nitrogens with one attached hydrogen (secondary N) is 1. The van der Waals surface area contributed by atoms with Crippen LogP contribution in [0.2, 0.25) is 0 Å². The van der Waals surface area contributed by atoms with Gasteiger partial charge in [0.1, 0.15) is 0 Å². The minimum Gasteiger partial charge on any atom is -0.366 e. The molecule has 100 valence electrons. The highest BCUT2D eigenvalue weighted by molar-refractivity contribution is 9.10. The first-order valence-electron chi connectivity index (χ1n) is 6.01. The monoisotopic (exact) mass is 340 g/mol. The maximum absolute atomic E-state index is 11.5. The minimum absolute atomic E-state index is 0.296. The molecule has 2 aromatic rings. The van der Waals surface area contributed by atoms with Crippen molar-refractivity contribution in [3.8, 4) is 0 Å². The number of halogens is 1. The van der Waals surface area contributed by atoms with Crippen molar-refractivity contribution >= 4 is 43.5 Å². The fraction of sp³-hybridized carbons (Fsp3) is 0.308. The van der Waals surface area contributed by atoms with Gasteiger partial charge in [-0.15, -0.1) is 0 Å². The molecule has 0 radical (unpaired) electrons. The molecule has 1 aliphatic heterocycles. The number of carbonyl (C=O) groups is 1. The second kappa shape index (κ2) is 4.76. The zero-order valence-electron chi connectivity index (χ0n) is 10.1. The summed E-state index contributed by atoms with van der Waals surface area (Å²) >= 11 is 3.41. The second-order valence-corrected chi connectivity index (χ2v) is 7.32. The summed E-state index contributed by atoms with van der Waals surface area (Å²) in [4.78, 5) is 14.6. The normalized spacial score (nSPS) is 23.0. The third kappa shape index (κ3) is 2.23. The molecule has 2 heterocycles. The molecular weight excluding hydrogens is 328 g/mol. The smallest absolute Gasteiger partial charge is 0.250 e. The Labute approximate surface area is 121 Å². The summed E-state index contributed by atoms with van der Waals surface area (Å²) < 4.78 is 12.4. The molecule has 0 saturated carbocycles. The van der Waals surface area contributed by atoms with Gasteiger partial charge in [0.05, 0.1) is 11.1 Å². The van der Waals surface area contributed by atoms with E-state index in [9.17, 15) is 9.00 Å². The van der Waals surface area contributed by atoms with Gasteiger partial charge in [-0.05, 0) is 30.0 Å². The highest BCUT2D eigenvalue weighted by atomic mass is 79.9. The van der Waals surface area contributed by atoms with Crippen molar-refractivity contribution in [2.45, 2.75) is 12.3 Å². The fourth-order valence-corrected chi connectivity index (χ4v) is 4.63. The number of aromatic nitrogens is 1. The van der Waals surface area contributed by atoms with E-state index in [1.807, 2.05) is 12.3 Å². The molecule has 1 saturated heterocycles. The Morgan fingerprint density at radius 1 is 1.47 bits per heavy atom. The van der Waals surface area contributed by atoms with Gasteiger partial charge < -0.3 is 10.7 Å². The standard InChI is InChI=1S/C13H13BrN2O2S/c14-8-3-9-11(7-1-2-19(18)6-7)5-16-12(9)10(4-8)13(15)17/h3-5,7,16H,1-2,6H2,(H2,15,17). The van der Waals surface area contributed by atoms with Gasteiger partial charge in [-0.3, -0.25) is 9.00 Å². The lowest BCUT2D eigenvalue weighted by Gasteiger charge is -2.07. The van der Waals surface area contributed by atoms with Crippen LogP contribution in [0.5, 0.6) is 0 Å². The van der Waals surface area contributed by atoms with E-state index in [4.69, 9.17) is 5.73 Å². The molecule has 3 rings (SSSR count). The third-order valence-corrected chi connectivity index (χ3v) is 5.50. The molecule has 1 aromatic heterocycles. The number of carbonyl (C=O) groups excluding carboxylic acids is 1. The van der Waals surface area contributed by atoms with Crippen LogP contribution in [-0.4, -0.2) is 26.6 Å². The number of H-pyrrole nitrogens is 1. The van der Waals surface area contributed by atoms with Crippen LogP contribution in [0.1, 0.15) is 28.3 Å². The van der Waals surface area contributed by atoms with E-state index in [2.05, 4.69) is 20.9 Å². The number of aromatic amines is 1. The first-order valence-corrected chi connectivity index (χ1v) is 8.29. The average molecular weight is 341 g/mol. The average Bonchev–Trinajstić information content (AvgIpc) is 2.93. The highest BCUT2D eigenvalue weighted by Crippen LogP contribution is 2.35. The van der Waals surface area contributed by atoms with E-state index < -0.39 is 16.7 Å². The van der Waals surface area contributed by atoms with Gasteiger partial charge in [0, 0.05) is 38.4 Å². The Kier molecular flexibility index (Phi) is 3.22. The van der Waals surface area contributed by atoms with Gasteiger partial charge in [-0.2, -0.15) is 0 Å². The van der Waals surface area contributed by atoms with Crippen molar-refractivity contribution < 1.29 is 9.00 Å². The Bertz CT molecular complexity index is 695. The van der Waals surface area contributed by atoms with Gasteiger partial charge in [0.25, 0.3) is 5.91 Å². The van der Waals surface area contributed by atoms with Crippen molar-refractivity contribution in [3.05, 3.63) is 33.9 Å². The summed E-state index contributed by atoms with van der Waals surface area (Å²) in [6, 6.07) is 3.70. The van der Waals surface area contributed by atoms with E-state index >= 15 is 0 Å². The maximum atomic E-state index is 11.5. The third-order valence-electron chi connectivity index (χ3n) is 3.57. The summed E-state index contributed by atoms with van der Waals surface area (Å²) in [7, 11) is -0.717. The van der Waals surface area contributed by atoms with Gasteiger partial charge in [0.2, 0.25) is 0 Å². The highest BCUT2D eigenvalue weighted by Gasteiger charge is 2.25. The van der Waals surface area contributed by atoms with Crippen LogP contribution in [0.3, 0.4) is 0 Å². The molecule has 0 aliphatic carbocycles. The van der Waals surface area contributed by atoms with Gasteiger partial charge >= 0.3 is 0 Å². The molecule has 19 heavy (non-hydrogen) atoms. The fourth-order valence-electron chi connectivity index (χ4n) is 2.66. The molecule has 3 N–H and O–H groups in total. The number of nitrogens with two attached hydrogens (primary N) is 1. The SMILES string of the molecule is NC(=O)c1cc(Br)cc2c(C3CCS(=O)C3)c[nH]c12. The summed E-state index contributed by atoms with van der Waals surface area (Å²) in [5.74, 6) is 1.30.